The number of rotatable bonds is 8. The standard InChI is InChI=1S/C25H24N8O3/c34-23(32-29-15-19-6-1-3-9-26-19)17-12-18(24(35)33-30-16-20-7-2-4-10-27-20)14-21(13-17)31-25(36)22-8-5-11-28-22/h1-4,6-7,9-10,12-16,22,28H,5,8,11H2,(H,31,36)(H,32,34)(H,33,35)/b29-15+,30-16+. The third-order valence-corrected chi connectivity index (χ3v) is 5.20. The quantitative estimate of drug-likeness (QED) is 0.282. The Hall–Kier alpha value is -4.77. The van der Waals surface area contributed by atoms with Gasteiger partial charge in [0.1, 0.15) is 0 Å². The Balaban J connectivity index is 1.51. The van der Waals surface area contributed by atoms with E-state index in [-0.39, 0.29) is 23.1 Å². The maximum Gasteiger partial charge on any atom is 0.271 e. The number of hydrogen-bond acceptors (Lipinski definition) is 8. The molecule has 3 heterocycles. The Bertz CT molecular complexity index is 1190. The summed E-state index contributed by atoms with van der Waals surface area (Å²) in [6.45, 7) is 0.761. The van der Waals surface area contributed by atoms with Crippen LogP contribution in [0.15, 0.2) is 77.2 Å². The first-order chi connectivity index (χ1) is 17.6. The summed E-state index contributed by atoms with van der Waals surface area (Å²) in [4.78, 5) is 46.3. The number of carbonyl (C=O) groups excluding carboxylic acids is 3. The molecule has 0 saturated carbocycles. The Labute approximate surface area is 207 Å². The highest BCUT2D eigenvalue weighted by Gasteiger charge is 2.23. The van der Waals surface area contributed by atoms with Crippen LogP contribution in [-0.2, 0) is 4.79 Å². The van der Waals surface area contributed by atoms with Crippen molar-refractivity contribution in [3.8, 4) is 0 Å². The van der Waals surface area contributed by atoms with Crippen LogP contribution in [0.1, 0.15) is 44.9 Å². The van der Waals surface area contributed by atoms with Crippen LogP contribution in [0.2, 0.25) is 0 Å². The third-order valence-electron chi connectivity index (χ3n) is 5.20. The van der Waals surface area contributed by atoms with Crippen LogP contribution in [0.4, 0.5) is 5.69 Å². The molecular weight excluding hydrogens is 460 g/mol. The first-order valence-electron chi connectivity index (χ1n) is 11.3. The smallest absolute Gasteiger partial charge is 0.271 e. The minimum Gasteiger partial charge on any atom is -0.325 e. The second kappa shape index (κ2) is 12.1. The highest BCUT2D eigenvalue weighted by Crippen LogP contribution is 2.17. The maximum absolute atomic E-state index is 12.8. The highest BCUT2D eigenvalue weighted by atomic mass is 16.2. The summed E-state index contributed by atoms with van der Waals surface area (Å²) in [7, 11) is 0. The number of nitrogens with one attached hydrogen (secondary N) is 4. The number of hydrogen-bond donors (Lipinski definition) is 4. The van der Waals surface area contributed by atoms with Gasteiger partial charge in [-0.1, -0.05) is 12.1 Å². The molecule has 1 aliphatic heterocycles. The molecule has 36 heavy (non-hydrogen) atoms. The summed E-state index contributed by atoms with van der Waals surface area (Å²) in [5.41, 5.74) is 6.50. The van der Waals surface area contributed by atoms with E-state index in [2.05, 4.69) is 41.7 Å². The van der Waals surface area contributed by atoms with E-state index in [0.29, 0.717) is 23.5 Å². The second-order valence-corrected chi connectivity index (χ2v) is 7.84. The highest BCUT2D eigenvalue weighted by molar-refractivity contribution is 6.03. The molecule has 1 aromatic carbocycles. The lowest BCUT2D eigenvalue weighted by Gasteiger charge is -2.13. The van der Waals surface area contributed by atoms with E-state index >= 15 is 0 Å². The molecule has 0 bridgehead atoms. The number of aromatic nitrogens is 2. The van der Waals surface area contributed by atoms with Crippen LogP contribution >= 0.6 is 0 Å². The summed E-state index contributed by atoms with van der Waals surface area (Å²) in [5, 5.41) is 13.7. The van der Waals surface area contributed by atoms with Crippen LogP contribution in [0.3, 0.4) is 0 Å². The Morgan fingerprint density at radius 1 is 0.861 bits per heavy atom. The summed E-state index contributed by atoms with van der Waals surface area (Å²) in [6.07, 6.45) is 7.62. The molecule has 0 spiro atoms. The van der Waals surface area contributed by atoms with Gasteiger partial charge in [-0.05, 0) is 61.9 Å². The first kappa shape index (κ1) is 24.4. The number of carbonyl (C=O) groups is 3. The van der Waals surface area contributed by atoms with Gasteiger partial charge in [0.05, 0.1) is 29.9 Å². The van der Waals surface area contributed by atoms with Crippen molar-refractivity contribution < 1.29 is 14.4 Å². The van der Waals surface area contributed by atoms with Crippen molar-refractivity contribution in [1.29, 1.82) is 0 Å². The molecule has 4 rings (SSSR count). The monoisotopic (exact) mass is 484 g/mol. The van der Waals surface area contributed by atoms with E-state index in [4.69, 9.17) is 0 Å². The zero-order valence-electron chi connectivity index (χ0n) is 19.2. The van der Waals surface area contributed by atoms with Gasteiger partial charge >= 0.3 is 0 Å². The van der Waals surface area contributed by atoms with E-state index in [9.17, 15) is 14.4 Å². The summed E-state index contributed by atoms with van der Waals surface area (Å²) >= 11 is 0. The predicted octanol–water partition coefficient (Wildman–Crippen LogP) is 1.69. The lowest BCUT2D eigenvalue weighted by atomic mass is 10.1. The average Bonchev–Trinajstić information content (AvgIpc) is 3.45. The summed E-state index contributed by atoms with van der Waals surface area (Å²) < 4.78 is 0. The first-order valence-corrected chi connectivity index (χ1v) is 11.3. The molecule has 11 heteroatoms. The molecule has 1 aliphatic rings. The molecule has 182 valence electrons. The van der Waals surface area contributed by atoms with Crippen LogP contribution in [0.25, 0.3) is 0 Å². The van der Waals surface area contributed by atoms with Gasteiger partial charge in [0, 0.05) is 29.2 Å². The summed E-state index contributed by atoms with van der Waals surface area (Å²) in [5.74, 6) is -1.37. The molecule has 11 nitrogen and oxygen atoms in total. The molecule has 2 aromatic heterocycles. The lowest BCUT2D eigenvalue weighted by molar-refractivity contribution is -0.117. The number of benzene rings is 1. The third kappa shape index (κ3) is 6.87. The number of pyridine rings is 2. The van der Waals surface area contributed by atoms with Crippen molar-refractivity contribution in [3.05, 3.63) is 89.5 Å². The topological polar surface area (TPSA) is 150 Å². The molecule has 1 saturated heterocycles. The zero-order valence-corrected chi connectivity index (χ0v) is 19.2. The predicted molar refractivity (Wildman–Crippen MR) is 135 cm³/mol. The molecule has 0 radical (unpaired) electrons. The Morgan fingerprint density at radius 2 is 1.44 bits per heavy atom. The zero-order chi connectivity index (χ0) is 25.2. The number of amides is 3. The van der Waals surface area contributed by atoms with E-state index < -0.39 is 11.8 Å². The largest absolute Gasteiger partial charge is 0.325 e. The fourth-order valence-electron chi connectivity index (χ4n) is 3.45. The minimum absolute atomic E-state index is 0.129. The Morgan fingerprint density at radius 3 is 1.92 bits per heavy atom. The van der Waals surface area contributed by atoms with Crippen LogP contribution in [0.5, 0.6) is 0 Å². The van der Waals surface area contributed by atoms with Crippen molar-refractivity contribution in [2.24, 2.45) is 10.2 Å². The van der Waals surface area contributed by atoms with Crippen molar-refractivity contribution >= 4 is 35.8 Å². The normalized spacial score (nSPS) is 15.2. The molecule has 3 amide bonds. The fourth-order valence-corrected chi connectivity index (χ4v) is 3.45. The van der Waals surface area contributed by atoms with Crippen LogP contribution in [-0.4, -0.2) is 52.7 Å². The van der Waals surface area contributed by atoms with Gasteiger partial charge in [0.2, 0.25) is 5.91 Å². The number of nitrogens with zero attached hydrogens (tertiary/aromatic N) is 4. The van der Waals surface area contributed by atoms with Crippen LogP contribution < -0.4 is 21.5 Å². The van der Waals surface area contributed by atoms with E-state index in [0.717, 1.165) is 13.0 Å². The number of hydrazone groups is 2. The van der Waals surface area contributed by atoms with Gasteiger partial charge in [-0.3, -0.25) is 24.4 Å². The lowest BCUT2D eigenvalue weighted by Crippen LogP contribution is -2.35. The molecule has 0 aliphatic carbocycles. The van der Waals surface area contributed by atoms with Crippen molar-refractivity contribution in [2.75, 3.05) is 11.9 Å². The summed E-state index contributed by atoms with van der Waals surface area (Å²) in [6, 6.07) is 14.6. The maximum atomic E-state index is 12.8. The van der Waals surface area contributed by atoms with Crippen molar-refractivity contribution in [3.63, 3.8) is 0 Å². The minimum atomic E-state index is -0.566. The fraction of sp³-hybridized carbons (Fsp3) is 0.160. The molecule has 1 fully saturated rings. The van der Waals surface area contributed by atoms with Crippen LogP contribution in [0, 0.1) is 0 Å². The number of anilines is 1. The van der Waals surface area contributed by atoms with Gasteiger partial charge < -0.3 is 10.6 Å². The SMILES string of the molecule is O=C(N/N=C/c1ccccn1)c1cc(NC(=O)C2CCCN2)cc(C(=O)N/N=C/c2ccccn2)c1. The van der Waals surface area contributed by atoms with Gasteiger partial charge in [0.25, 0.3) is 11.8 Å². The van der Waals surface area contributed by atoms with E-state index in [1.54, 1.807) is 48.8 Å². The van der Waals surface area contributed by atoms with Crippen molar-refractivity contribution in [1.82, 2.24) is 26.1 Å². The molecule has 3 aromatic rings. The van der Waals surface area contributed by atoms with Crippen molar-refractivity contribution in [2.45, 2.75) is 18.9 Å². The van der Waals surface area contributed by atoms with Gasteiger partial charge in [-0.15, -0.1) is 0 Å². The molecule has 4 N–H and O–H groups in total. The average molecular weight is 485 g/mol. The second-order valence-electron chi connectivity index (χ2n) is 7.84. The molecule has 1 unspecified atom stereocenters. The Kier molecular flexibility index (Phi) is 8.18. The van der Waals surface area contributed by atoms with Gasteiger partial charge in [-0.25, -0.2) is 10.9 Å². The van der Waals surface area contributed by atoms with Gasteiger partial charge in [0.15, 0.2) is 0 Å². The van der Waals surface area contributed by atoms with E-state index in [1.807, 2.05) is 0 Å². The van der Waals surface area contributed by atoms with Gasteiger partial charge in [-0.2, -0.15) is 10.2 Å². The molecular formula is C25H24N8O3. The molecule has 1 atom stereocenters. The van der Waals surface area contributed by atoms with E-state index in [1.165, 1.54) is 30.6 Å².